The van der Waals surface area contributed by atoms with E-state index in [0.29, 0.717) is 5.76 Å². The van der Waals surface area contributed by atoms with Crippen LogP contribution in [0.4, 0.5) is 4.79 Å². The zero-order valence-electron chi connectivity index (χ0n) is 11.4. The summed E-state index contributed by atoms with van der Waals surface area (Å²) in [5.41, 5.74) is -0.574. The van der Waals surface area contributed by atoms with Crippen LogP contribution in [0.5, 0.6) is 0 Å². The molecular weight excluding hydrogens is 234 g/mol. The number of likely N-dealkylation sites (N-methyl/N-ethyl adjacent to an activating group) is 1. The van der Waals surface area contributed by atoms with E-state index in [2.05, 4.69) is 0 Å². The normalized spacial score (nSPS) is 11.2. The molecule has 5 nitrogen and oxygen atoms in total. The fourth-order valence-corrected chi connectivity index (χ4v) is 1.28. The standard InChI is InChI=1S/C13H19NO4/c1-9-6-7-11(17-9)10(15)8-14(5)12(16)18-13(2,3)4/h6-7H,8H2,1-5H3. The zero-order chi connectivity index (χ0) is 13.9. The minimum Gasteiger partial charge on any atom is -0.458 e. The maximum absolute atomic E-state index is 11.8. The summed E-state index contributed by atoms with van der Waals surface area (Å²) in [6, 6.07) is 3.31. The van der Waals surface area contributed by atoms with Crippen molar-refractivity contribution < 1.29 is 18.7 Å². The first-order valence-corrected chi connectivity index (χ1v) is 5.73. The van der Waals surface area contributed by atoms with Gasteiger partial charge in [-0.15, -0.1) is 0 Å². The second-order valence-electron chi connectivity index (χ2n) is 5.17. The summed E-state index contributed by atoms with van der Waals surface area (Å²) >= 11 is 0. The molecule has 0 saturated heterocycles. The van der Waals surface area contributed by atoms with Crippen LogP contribution in [-0.2, 0) is 4.74 Å². The van der Waals surface area contributed by atoms with Crippen molar-refractivity contribution in [3.63, 3.8) is 0 Å². The highest BCUT2D eigenvalue weighted by molar-refractivity contribution is 5.96. The van der Waals surface area contributed by atoms with Crippen molar-refractivity contribution >= 4 is 11.9 Å². The number of nitrogens with zero attached hydrogens (tertiary/aromatic N) is 1. The Labute approximate surface area is 107 Å². The van der Waals surface area contributed by atoms with Gasteiger partial charge in [0.15, 0.2) is 5.76 Å². The highest BCUT2D eigenvalue weighted by atomic mass is 16.6. The van der Waals surface area contributed by atoms with E-state index in [-0.39, 0.29) is 18.1 Å². The van der Waals surface area contributed by atoms with Crippen molar-refractivity contribution in [3.8, 4) is 0 Å². The van der Waals surface area contributed by atoms with Crippen LogP contribution >= 0.6 is 0 Å². The summed E-state index contributed by atoms with van der Waals surface area (Å²) < 4.78 is 10.3. The van der Waals surface area contributed by atoms with Crippen LogP contribution in [0.2, 0.25) is 0 Å². The maximum Gasteiger partial charge on any atom is 0.410 e. The lowest BCUT2D eigenvalue weighted by molar-refractivity contribution is 0.0292. The minimum atomic E-state index is -0.574. The Morgan fingerprint density at radius 1 is 1.33 bits per heavy atom. The number of aryl methyl sites for hydroxylation is 1. The second-order valence-corrected chi connectivity index (χ2v) is 5.17. The number of amides is 1. The molecule has 0 bridgehead atoms. The van der Waals surface area contributed by atoms with E-state index in [1.165, 1.54) is 11.9 Å². The van der Waals surface area contributed by atoms with Gasteiger partial charge in [-0.3, -0.25) is 4.79 Å². The Kier molecular flexibility index (Phi) is 4.16. The van der Waals surface area contributed by atoms with Crippen LogP contribution in [0.1, 0.15) is 37.1 Å². The van der Waals surface area contributed by atoms with Gasteiger partial charge >= 0.3 is 6.09 Å². The molecule has 0 atom stereocenters. The number of Topliss-reactive ketones (excluding diaryl/α,β-unsaturated/α-hetero) is 1. The molecule has 0 unspecified atom stereocenters. The van der Waals surface area contributed by atoms with Crippen LogP contribution in [0.25, 0.3) is 0 Å². The van der Waals surface area contributed by atoms with Crippen LogP contribution in [-0.4, -0.2) is 36.0 Å². The van der Waals surface area contributed by atoms with Gasteiger partial charge in [-0.1, -0.05) is 0 Å². The first-order valence-electron chi connectivity index (χ1n) is 5.73. The molecule has 0 aromatic carbocycles. The Balaban J connectivity index is 2.57. The van der Waals surface area contributed by atoms with Crippen LogP contribution in [0.3, 0.4) is 0 Å². The molecule has 0 spiro atoms. The third-order valence-corrected chi connectivity index (χ3v) is 2.10. The lowest BCUT2D eigenvalue weighted by Crippen LogP contribution is -2.37. The van der Waals surface area contributed by atoms with Crippen molar-refractivity contribution in [2.75, 3.05) is 13.6 Å². The first-order chi connectivity index (χ1) is 8.19. The molecule has 18 heavy (non-hydrogen) atoms. The number of hydrogen-bond donors (Lipinski definition) is 0. The van der Waals surface area contributed by atoms with Crippen molar-refractivity contribution in [1.29, 1.82) is 0 Å². The predicted molar refractivity (Wildman–Crippen MR) is 66.6 cm³/mol. The maximum atomic E-state index is 11.8. The molecular formula is C13H19NO4. The Morgan fingerprint density at radius 2 is 1.94 bits per heavy atom. The van der Waals surface area contributed by atoms with Gasteiger partial charge in [-0.25, -0.2) is 4.79 Å². The van der Waals surface area contributed by atoms with Gasteiger partial charge in [0.25, 0.3) is 0 Å². The van der Waals surface area contributed by atoms with E-state index >= 15 is 0 Å². The molecule has 1 amide bonds. The van der Waals surface area contributed by atoms with E-state index in [0.717, 1.165) is 0 Å². The van der Waals surface area contributed by atoms with Crippen LogP contribution < -0.4 is 0 Å². The largest absolute Gasteiger partial charge is 0.458 e. The molecule has 0 aliphatic heterocycles. The fourth-order valence-electron chi connectivity index (χ4n) is 1.28. The molecule has 1 aromatic heterocycles. The Morgan fingerprint density at radius 3 is 2.39 bits per heavy atom. The highest BCUT2D eigenvalue weighted by Gasteiger charge is 2.22. The summed E-state index contributed by atoms with van der Waals surface area (Å²) in [4.78, 5) is 24.7. The number of hydrogen-bond acceptors (Lipinski definition) is 4. The van der Waals surface area contributed by atoms with Crippen molar-refractivity contribution in [3.05, 3.63) is 23.7 Å². The Hall–Kier alpha value is -1.78. The zero-order valence-corrected chi connectivity index (χ0v) is 11.4. The number of ketones is 1. The van der Waals surface area contributed by atoms with Gasteiger partial charge in [0.05, 0.1) is 6.54 Å². The van der Waals surface area contributed by atoms with E-state index in [4.69, 9.17) is 9.15 Å². The minimum absolute atomic E-state index is 0.0676. The molecule has 0 aliphatic carbocycles. The first kappa shape index (κ1) is 14.3. The van der Waals surface area contributed by atoms with Crippen LogP contribution in [0.15, 0.2) is 16.5 Å². The third kappa shape index (κ3) is 4.24. The van der Waals surface area contributed by atoms with E-state index < -0.39 is 11.7 Å². The van der Waals surface area contributed by atoms with E-state index in [9.17, 15) is 9.59 Å². The number of ether oxygens (including phenoxy) is 1. The smallest absolute Gasteiger partial charge is 0.410 e. The molecule has 0 fully saturated rings. The van der Waals surface area contributed by atoms with Gasteiger partial charge in [0.2, 0.25) is 5.78 Å². The molecule has 0 saturated carbocycles. The van der Waals surface area contributed by atoms with Gasteiger partial charge in [-0.05, 0) is 39.8 Å². The molecule has 1 heterocycles. The molecule has 0 N–H and O–H groups in total. The molecule has 0 aliphatic rings. The molecule has 5 heteroatoms. The van der Waals surface area contributed by atoms with Gasteiger partial charge < -0.3 is 14.1 Å². The van der Waals surface area contributed by atoms with Gasteiger partial charge in [0, 0.05) is 7.05 Å². The summed E-state index contributed by atoms with van der Waals surface area (Å²) in [5.74, 6) is 0.664. The summed E-state index contributed by atoms with van der Waals surface area (Å²) in [5, 5.41) is 0. The molecule has 100 valence electrons. The average Bonchev–Trinajstić information content (AvgIpc) is 2.62. The topological polar surface area (TPSA) is 59.8 Å². The van der Waals surface area contributed by atoms with E-state index in [1.807, 2.05) is 0 Å². The SMILES string of the molecule is Cc1ccc(C(=O)CN(C)C(=O)OC(C)(C)C)o1. The Bertz CT molecular complexity index is 442. The van der Waals surface area contributed by atoms with Crippen molar-refractivity contribution in [2.24, 2.45) is 0 Å². The number of rotatable bonds is 3. The molecule has 0 radical (unpaired) electrons. The third-order valence-electron chi connectivity index (χ3n) is 2.10. The number of furan rings is 1. The summed E-state index contributed by atoms with van der Waals surface area (Å²) in [7, 11) is 1.52. The van der Waals surface area contributed by atoms with Gasteiger partial charge in [0.1, 0.15) is 11.4 Å². The van der Waals surface area contributed by atoms with Crippen molar-refractivity contribution in [2.45, 2.75) is 33.3 Å². The highest BCUT2D eigenvalue weighted by Crippen LogP contribution is 2.11. The molecule has 1 aromatic rings. The van der Waals surface area contributed by atoms with Crippen molar-refractivity contribution in [1.82, 2.24) is 4.90 Å². The summed E-state index contributed by atoms with van der Waals surface area (Å²) in [6.45, 7) is 7.01. The number of carbonyl (C=O) groups excluding carboxylic acids is 2. The monoisotopic (exact) mass is 253 g/mol. The quantitative estimate of drug-likeness (QED) is 0.777. The van der Waals surface area contributed by atoms with E-state index in [1.54, 1.807) is 39.8 Å². The predicted octanol–water partition coefficient (Wildman–Crippen LogP) is 2.64. The lowest BCUT2D eigenvalue weighted by atomic mass is 10.2. The second kappa shape index (κ2) is 5.25. The fraction of sp³-hybridized carbons (Fsp3) is 0.538. The number of carbonyl (C=O) groups is 2. The average molecular weight is 253 g/mol. The molecule has 1 rings (SSSR count). The van der Waals surface area contributed by atoms with Crippen LogP contribution in [0, 0.1) is 6.92 Å². The lowest BCUT2D eigenvalue weighted by Gasteiger charge is -2.24. The summed E-state index contributed by atoms with van der Waals surface area (Å²) in [6.07, 6.45) is -0.529. The van der Waals surface area contributed by atoms with Gasteiger partial charge in [-0.2, -0.15) is 0 Å².